The average molecular weight is 361 g/mol. The van der Waals surface area contributed by atoms with Crippen molar-refractivity contribution < 1.29 is 9.84 Å². The van der Waals surface area contributed by atoms with E-state index in [1.54, 1.807) is 12.1 Å². The van der Waals surface area contributed by atoms with Crippen LogP contribution in [0.5, 0.6) is 11.5 Å². The van der Waals surface area contributed by atoms with Gasteiger partial charge < -0.3 is 19.8 Å². The molecule has 0 saturated carbocycles. The van der Waals surface area contributed by atoms with Crippen LogP contribution in [0.4, 0.5) is 0 Å². The SMILES string of the molecule is Cc1cc(C)c(C=c2[nH]c(=C3C=c4c(O)cccc4=N3)cc2OC(C)C)[nH]1. The number of nitrogens with one attached hydrogen (secondary N) is 2. The van der Waals surface area contributed by atoms with Crippen molar-refractivity contribution >= 4 is 17.8 Å². The third-order valence-electron chi connectivity index (χ3n) is 4.51. The summed E-state index contributed by atoms with van der Waals surface area (Å²) in [7, 11) is 0. The van der Waals surface area contributed by atoms with Crippen molar-refractivity contribution in [3.05, 3.63) is 68.6 Å². The van der Waals surface area contributed by atoms with Gasteiger partial charge >= 0.3 is 0 Å². The maximum atomic E-state index is 10.1. The Balaban J connectivity index is 1.93. The highest BCUT2D eigenvalue weighted by Crippen LogP contribution is 2.12. The first-order chi connectivity index (χ1) is 12.9. The zero-order valence-corrected chi connectivity index (χ0v) is 15.9. The minimum absolute atomic E-state index is 0.0583. The number of aryl methyl sites for hydroxylation is 2. The molecule has 0 amide bonds. The second kappa shape index (κ2) is 6.50. The van der Waals surface area contributed by atoms with Crippen LogP contribution in [0.25, 0.3) is 17.8 Å². The fourth-order valence-electron chi connectivity index (χ4n) is 3.32. The number of nitrogens with zero attached hydrogens (tertiary/aromatic N) is 1. The molecule has 1 aromatic carbocycles. The number of hydrogen-bond donors (Lipinski definition) is 3. The van der Waals surface area contributed by atoms with Gasteiger partial charge in [-0.25, -0.2) is 4.99 Å². The molecule has 3 heterocycles. The predicted octanol–water partition coefficient (Wildman–Crippen LogP) is 1.50. The lowest BCUT2D eigenvalue weighted by molar-refractivity contribution is 0.240. The molecule has 1 aliphatic rings. The Hall–Kier alpha value is -3.21. The van der Waals surface area contributed by atoms with Crippen molar-refractivity contribution in [3.63, 3.8) is 0 Å². The molecular formula is C22H23N3O2. The van der Waals surface area contributed by atoms with Crippen LogP contribution in [0, 0.1) is 13.8 Å². The Labute approximate surface area is 157 Å². The Morgan fingerprint density at radius 1 is 1.15 bits per heavy atom. The van der Waals surface area contributed by atoms with E-state index in [0.29, 0.717) is 0 Å². The van der Waals surface area contributed by atoms with E-state index >= 15 is 0 Å². The summed E-state index contributed by atoms with van der Waals surface area (Å²) in [6.45, 7) is 8.14. The molecule has 5 heteroatoms. The summed E-state index contributed by atoms with van der Waals surface area (Å²) in [6.07, 6.45) is 4.01. The van der Waals surface area contributed by atoms with E-state index in [1.807, 2.05) is 39.0 Å². The molecule has 0 bridgehead atoms. The number of phenolic OH excluding ortho intramolecular Hbond substituents is 1. The highest BCUT2D eigenvalue weighted by molar-refractivity contribution is 5.77. The van der Waals surface area contributed by atoms with Crippen LogP contribution in [-0.2, 0) is 0 Å². The van der Waals surface area contributed by atoms with Gasteiger partial charge in [-0.05, 0) is 63.6 Å². The molecule has 0 radical (unpaired) electrons. The third kappa shape index (κ3) is 3.28. The maximum absolute atomic E-state index is 10.1. The van der Waals surface area contributed by atoms with Crippen molar-refractivity contribution in [2.45, 2.75) is 33.8 Å². The second-order valence-corrected chi connectivity index (χ2v) is 7.17. The topological polar surface area (TPSA) is 73.4 Å². The number of aromatic amines is 2. The molecule has 0 unspecified atom stereocenters. The molecule has 1 aliphatic heterocycles. The van der Waals surface area contributed by atoms with Crippen LogP contribution in [0.3, 0.4) is 0 Å². The predicted molar refractivity (Wildman–Crippen MR) is 106 cm³/mol. The lowest BCUT2D eigenvalue weighted by atomic mass is 10.2. The first kappa shape index (κ1) is 17.2. The van der Waals surface area contributed by atoms with Gasteiger partial charge in [-0.15, -0.1) is 0 Å². The number of rotatable bonds is 3. The molecule has 0 saturated heterocycles. The van der Waals surface area contributed by atoms with Crippen LogP contribution >= 0.6 is 0 Å². The summed E-state index contributed by atoms with van der Waals surface area (Å²) < 4.78 is 6.01. The number of H-pyrrole nitrogens is 2. The molecule has 0 aliphatic carbocycles. The highest BCUT2D eigenvalue weighted by atomic mass is 16.5. The van der Waals surface area contributed by atoms with E-state index in [9.17, 15) is 5.11 Å². The van der Waals surface area contributed by atoms with Crippen molar-refractivity contribution in [3.8, 4) is 11.5 Å². The Morgan fingerprint density at radius 2 is 1.96 bits per heavy atom. The number of aromatic hydroxyl groups is 1. The third-order valence-corrected chi connectivity index (χ3v) is 4.51. The van der Waals surface area contributed by atoms with Crippen molar-refractivity contribution in [2.24, 2.45) is 4.99 Å². The fourth-order valence-corrected chi connectivity index (χ4v) is 3.32. The quantitative estimate of drug-likeness (QED) is 0.662. The number of aromatic nitrogens is 2. The largest absolute Gasteiger partial charge is 0.507 e. The maximum Gasteiger partial charge on any atom is 0.145 e. The highest BCUT2D eigenvalue weighted by Gasteiger charge is 2.10. The van der Waals surface area contributed by atoms with Gasteiger partial charge in [-0.2, -0.15) is 0 Å². The van der Waals surface area contributed by atoms with Crippen LogP contribution in [0.2, 0.25) is 0 Å². The van der Waals surface area contributed by atoms with Gasteiger partial charge in [0.15, 0.2) is 0 Å². The van der Waals surface area contributed by atoms with Crippen LogP contribution in [0.15, 0.2) is 35.3 Å². The van der Waals surface area contributed by atoms with Gasteiger partial charge in [0.05, 0.1) is 27.9 Å². The van der Waals surface area contributed by atoms with Crippen LogP contribution in [0.1, 0.15) is 30.8 Å². The molecule has 5 nitrogen and oxygen atoms in total. The Bertz CT molecular complexity index is 1260. The first-order valence-electron chi connectivity index (χ1n) is 9.07. The summed E-state index contributed by atoms with van der Waals surface area (Å²) in [5.41, 5.74) is 4.13. The van der Waals surface area contributed by atoms with E-state index in [4.69, 9.17) is 4.74 Å². The van der Waals surface area contributed by atoms with Gasteiger partial charge in [0.25, 0.3) is 0 Å². The van der Waals surface area contributed by atoms with Gasteiger partial charge in [0.2, 0.25) is 0 Å². The van der Waals surface area contributed by atoms with Gasteiger partial charge in [-0.3, -0.25) is 0 Å². The second-order valence-electron chi connectivity index (χ2n) is 7.17. The minimum atomic E-state index is 0.0583. The van der Waals surface area contributed by atoms with E-state index in [-0.39, 0.29) is 11.9 Å². The van der Waals surface area contributed by atoms with E-state index in [0.717, 1.165) is 44.1 Å². The first-order valence-corrected chi connectivity index (χ1v) is 9.07. The fraction of sp³-hybridized carbons (Fsp3) is 0.227. The number of phenols is 1. The van der Waals surface area contributed by atoms with Crippen molar-refractivity contribution in [1.29, 1.82) is 0 Å². The minimum Gasteiger partial charge on any atom is -0.507 e. The Morgan fingerprint density at radius 3 is 2.63 bits per heavy atom. The molecule has 0 atom stereocenters. The molecular weight excluding hydrogens is 338 g/mol. The zero-order valence-electron chi connectivity index (χ0n) is 15.9. The Kier molecular flexibility index (Phi) is 4.15. The summed E-state index contributed by atoms with van der Waals surface area (Å²) in [6, 6.07) is 9.45. The monoisotopic (exact) mass is 361 g/mol. The van der Waals surface area contributed by atoms with Crippen molar-refractivity contribution in [2.75, 3.05) is 0 Å². The van der Waals surface area contributed by atoms with Crippen LogP contribution in [-0.4, -0.2) is 21.2 Å². The molecule has 2 aromatic heterocycles. The molecule has 3 aromatic rings. The molecule has 0 fully saturated rings. The van der Waals surface area contributed by atoms with E-state index < -0.39 is 0 Å². The summed E-state index contributed by atoms with van der Waals surface area (Å²) in [4.78, 5) is 11.4. The van der Waals surface area contributed by atoms with Crippen molar-refractivity contribution in [1.82, 2.24) is 9.97 Å². The molecule has 27 heavy (non-hydrogen) atoms. The normalized spacial score (nSPS) is 15.7. The van der Waals surface area contributed by atoms with E-state index in [1.165, 1.54) is 5.56 Å². The van der Waals surface area contributed by atoms with Gasteiger partial charge in [0, 0.05) is 22.7 Å². The molecule has 4 rings (SSSR count). The molecule has 3 N–H and O–H groups in total. The lowest BCUT2D eigenvalue weighted by Gasteiger charge is -2.06. The standard InChI is InChI=1S/C22H23N3O2/c1-12(2)27-22-11-19(18-9-15-16(24-18)6-5-7-21(15)26)25-20(22)10-17-13(3)8-14(4)23-17/h5-12,23,25-26H,1-4H3. The summed E-state index contributed by atoms with van der Waals surface area (Å²) in [5, 5.41) is 13.3. The van der Waals surface area contributed by atoms with Gasteiger partial charge in [0.1, 0.15) is 11.5 Å². The summed E-state index contributed by atoms with van der Waals surface area (Å²) in [5.74, 6) is 1.02. The van der Waals surface area contributed by atoms with Crippen LogP contribution < -0.4 is 26.0 Å². The number of hydrogen-bond acceptors (Lipinski definition) is 3. The molecule has 0 spiro atoms. The zero-order chi connectivity index (χ0) is 19.1. The lowest BCUT2D eigenvalue weighted by Crippen LogP contribution is -2.20. The molecule has 138 valence electrons. The smallest absolute Gasteiger partial charge is 0.145 e. The summed E-state index contributed by atoms with van der Waals surface area (Å²) >= 11 is 0. The number of fused-ring (bicyclic) bond motifs is 1. The number of ether oxygens (including phenoxy) is 1. The van der Waals surface area contributed by atoms with Gasteiger partial charge in [-0.1, -0.05) is 6.07 Å². The average Bonchev–Trinajstić information content (AvgIpc) is 3.26. The van der Waals surface area contributed by atoms with E-state index in [2.05, 4.69) is 34.0 Å². The number of benzene rings is 1.